The standard InChI is InChI=1S/C31H35FN4O3/c1-36(30(38)39)26-13-7-20(8-14-26)15-28(37)35-25-16-27(21-5-3-2-4-6-21)29(34-19-25)22-9-11-23(12-10-22)31(33)17-24(32)18-31/h2-6,9-12,16,19-20,24,26H,7-8,13-15,17-18,33H2,1H3,(H,35,37)(H,38,39)/t20?,24-,26?,31+. The van der Waals surface area contributed by atoms with Gasteiger partial charge in [0.05, 0.1) is 17.6 Å². The van der Waals surface area contributed by atoms with Crippen LogP contribution in [0.5, 0.6) is 0 Å². The topological polar surface area (TPSA) is 109 Å². The average molecular weight is 531 g/mol. The summed E-state index contributed by atoms with van der Waals surface area (Å²) in [4.78, 5) is 30.3. The van der Waals surface area contributed by atoms with E-state index in [1.807, 2.05) is 60.7 Å². The van der Waals surface area contributed by atoms with Crippen LogP contribution >= 0.6 is 0 Å². The molecule has 1 heterocycles. The Morgan fingerprint density at radius 1 is 1.05 bits per heavy atom. The number of pyridine rings is 1. The lowest BCUT2D eigenvalue weighted by molar-refractivity contribution is -0.117. The van der Waals surface area contributed by atoms with Gasteiger partial charge in [-0.3, -0.25) is 9.78 Å². The monoisotopic (exact) mass is 530 g/mol. The number of nitrogens with one attached hydrogen (secondary N) is 1. The molecule has 2 fully saturated rings. The van der Waals surface area contributed by atoms with E-state index in [0.717, 1.165) is 53.6 Å². The van der Waals surface area contributed by atoms with Crippen molar-refractivity contribution in [3.63, 3.8) is 0 Å². The maximum atomic E-state index is 13.5. The Labute approximate surface area is 228 Å². The number of benzene rings is 2. The molecule has 0 aliphatic heterocycles. The second-order valence-electron chi connectivity index (χ2n) is 11.0. The molecule has 0 saturated heterocycles. The maximum absolute atomic E-state index is 13.5. The number of nitrogens with two attached hydrogens (primary N) is 1. The fourth-order valence-corrected chi connectivity index (χ4v) is 5.89. The molecule has 8 heteroatoms. The van der Waals surface area contributed by atoms with E-state index in [9.17, 15) is 19.1 Å². The Balaban J connectivity index is 1.30. The average Bonchev–Trinajstić information content (AvgIpc) is 2.93. The zero-order chi connectivity index (χ0) is 27.6. The van der Waals surface area contributed by atoms with Crippen molar-refractivity contribution in [1.29, 1.82) is 0 Å². The van der Waals surface area contributed by atoms with Gasteiger partial charge in [-0.2, -0.15) is 0 Å². The zero-order valence-electron chi connectivity index (χ0n) is 22.1. The molecule has 2 aliphatic carbocycles. The van der Waals surface area contributed by atoms with Crippen LogP contribution in [0.2, 0.25) is 0 Å². The summed E-state index contributed by atoms with van der Waals surface area (Å²) < 4.78 is 13.5. The van der Waals surface area contributed by atoms with E-state index >= 15 is 0 Å². The highest BCUT2D eigenvalue weighted by Crippen LogP contribution is 2.42. The first kappa shape index (κ1) is 26.8. The summed E-state index contributed by atoms with van der Waals surface area (Å²) in [6.45, 7) is 0. The third-order valence-corrected chi connectivity index (χ3v) is 8.30. The van der Waals surface area contributed by atoms with Crippen LogP contribution in [0.1, 0.15) is 50.5 Å². The van der Waals surface area contributed by atoms with Crippen molar-refractivity contribution in [3.05, 3.63) is 72.4 Å². The van der Waals surface area contributed by atoms with Gasteiger partial charge in [0, 0.05) is 49.0 Å². The van der Waals surface area contributed by atoms with Crippen molar-refractivity contribution >= 4 is 17.7 Å². The minimum atomic E-state index is -0.908. The molecule has 1 aromatic heterocycles. The highest BCUT2D eigenvalue weighted by Gasteiger charge is 2.42. The summed E-state index contributed by atoms with van der Waals surface area (Å²) in [7, 11) is 1.61. The van der Waals surface area contributed by atoms with Crippen LogP contribution in [-0.4, -0.2) is 46.3 Å². The molecule has 2 saturated carbocycles. The number of nitrogens with zero attached hydrogens (tertiary/aromatic N) is 2. The summed E-state index contributed by atoms with van der Waals surface area (Å²) in [5.74, 6) is 0.167. The second-order valence-corrected chi connectivity index (χ2v) is 11.0. The van der Waals surface area contributed by atoms with Gasteiger partial charge in [-0.25, -0.2) is 9.18 Å². The Morgan fingerprint density at radius 2 is 1.72 bits per heavy atom. The molecule has 5 rings (SSSR count). The molecular formula is C31H35FN4O3. The van der Waals surface area contributed by atoms with Crippen molar-refractivity contribution in [2.45, 2.75) is 62.7 Å². The fourth-order valence-electron chi connectivity index (χ4n) is 5.89. The zero-order valence-corrected chi connectivity index (χ0v) is 22.1. The molecule has 0 radical (unpaired) electrons. The Hall–Kier alpha value is -3.78. The van der Waals surface area contributed by atoms with Gasteiger partial charge in [0.1, 0.15) is 6.17 Å². The molecule has 3 aromatic rings. The minimum absolute atomic E-state index is 0.0192. The van der Waals surface area contributed by atoms with E-state index in [1.165, 1.54) is 4.90 Å². The lowest BCUT2D eigenvalue weighted by Crippen LogP contribution is -2.50. The Bertz CT molecular complexity index is 1320. The van der Waals surface area contributed by atoms with Gasteiger partial charge in [-0.1, -0.05) is 54.6 Å². The van der Waals surface area contributed by atoms with Crippen LogP contribution in [0.25, 0.3) is 22.4 Å². The normalized spacial score (nSPS) is 24.4. The van der Waals surface area contributed by atoms with E-state index in [-0.39, 0.29) is 17.9 Å². The smallest absolute Gasteiger partial charge is 0.407 e. The third-order valence-electron chi connectivity index (χ3n) is 8.30. The van der Waals surface area contributed by atoms with Crippen molar-refractivity contribution in [2.24, 2.45) is 11.7 Å². The number of hydrogen-bond acceptors (Lipinski definition) is 4. The highest BCUT2D eigenvalue weighted by molar-refractivity contribution is 5.93. The molecule has 0 unspecified atom stereocenters. The van der Waals surface area contributed by atoms with Crippen LogP contribution < -0.4 is 11.1 Å². The summed E-state index contributed by atoms with van der Waals surface area (Å²) in [6.07, 6.45) is 4.21. The Morgan fingerprint density at radius 3 is 2.33 bits per heavy atom. The first-order valence-electron chi connectivity index (χ1n) is 13.6. The summed E-state index contributed by atoms with van der Waals surface area (Å²) in [5, 5.41) is 12.2. The number of hydrogen-bond donors (Lipinski definition) is 3. The van der Waals surface area contributed by atoms with Crippen molar-refractivity contribution in [2.75, 3.05) is 12.4 Å². The molecule has 2 amide bonds. The molecular weight excluding hydrogens is 495 g/mol. The van der Waals surface area contributed by atoms with Crippen LogP contribution in [0.3, 0.4) is 0 Å². The van der Waals surface area contributed by atoms with Gasteiger partial charge in [0.25, 0.3) is 0 Å². The molecule has 2 aliphatic rings. The van der Waals surface area contributed by atoms with Gasteiger partial charge in [0.2, 0.25) is 5.91 Å². The van der Waals surface area contributed by atoms with E-state index in [4.69, 9.17) is 10.7 Å². The van der Waals surface area contributed by atoms with Crippen molar-refractivity contribution < 1.29 is 19.1 Å². The quantitative estimate of drug-likeness (QED) is 0.337. The van der Waals surface area contributed by atoms with Crippen LogP contribution in [0.15, 0.2) is 66.9 Å². The summed E-state index contributed by atoms with van der Waals surface area (Å²) in [5.41, 5.74) is 10.9. The molecule has 4 N–H and O–H groups in total. The predicted molar refractivity (Wildman–Crippen MR) is 150 cm³/mol. The van der Waals surface area contributed by atoms with Crippen LogP contribution in [-0.2, 0) is 10.3 Å². The number of carbonyl (C=O) groups excluding carboxylic acids is 1. The number of halogens is 1. The number of anilines is 1. The van der Waals surface area contributed by atoms with Crippen molar-refractivity contribution in [3.8, 4) is 22.4 Å². The number of aromatic nitrogens is 1. The van der Waals surface area contributed by atoms with Gasteiger partial charge in [-0.05, 0) is 48.8 Å². The van der Waals surface area contributed by atoms with Gasteiger partial charge < -0.3 is 21.1 Å². The van der Waals surface area contributed by atoms with Gasteiger partial charge >= 0.3 is 6.09 Å². The summed E-state index contributed by atoms with van der Waals surface area (Å²) in [6, 6.07) is 19.7. The minimum Gasteiger partial charge on any atom is -0.465 e. The highest BCUT2D eigenvalue weighted by atomic mass is 19.1. The van der Waals surface area contributed by atoms with E-state index in [0.29, 0.717) is 24.9 Å². The summed E-state index contributed by atoms with van der Waals surface area (Å²) >= 11 is 0. The first-order valence-corrected chi connectivity index (χ1v) is 13.6. The first-order chi connectivity index (χ1) is 18.7. The predicted octanol–water partition coefficient (Wildman–Crippen LogP) is 6.20. The number of rotatable bonds is 7. The van der Waals surface area contributed by atoms with E-state index in [1.54, 1.807) is 13.2 Å². The fraction of sp³-hybridized carbons (Fsp3) is 0.387. The van der Waals surface area contributed by atoms with Crippen LogP contribution in [0, 0.1) is 5.92 Å². The molecule has 7 nitrogen and oxygen atoms in total. The molecule has 204 valence electrons. The van der Waals surface area contributed by atoms with E-state index in [2.05, 4.69) is 5.32 Å². The SMILES string of the molecule is CN(C(=O)O)C1CCC(CC(=O)Nc2cnc(-c3ccc([C@]4(N)C[C@@H](F)C4)cc3)c(-c3ccccc3)c2)CC1. The molecule has 39 heavy (non-hydrogen) atoms. The molecule has 0 spiro atoms. The lowest BCUT2D eigenvalue weighted by atomic mass is 9.71. The van der Waals surface area contributed by atoms with Gasteiger partial charge in [0.15, 0.2) is 0 Å². The largest absolute Gasteiger partial charge is 0.465 e. The van der Waals surface area contributed by atoms with Crippen LogP contribution in [0.4, 0.5) is 14.9 Å². The molecule has 0 atom stereocenters. The Kier molecular flexibility index (Phi) is 7.66. The number of carbonyl (C=O) groups is 2. The number of carboxylic acid groups (broad SMARTS) is 1. The van der Waals surface area contributed by atoms with Gasteiger partial charge in [-0.15, -0.1) is 0 Å². The molecule has 0 bridgehead atoms. The molecule has 2 aromatic carbocycles. The third kappa shape index (κ3) is 5.96. The maximum Gasteiger partial charge on any atom is 0.407 e. The van der Waals surface area contributed by atoms with E-state index < -0.39 is 17.8 Å². The lowest BCUT2D eigenvalue weighted by Gasteiger charge is -2.41. The number of amides is 2. The van der Waals surface area contributed by atoms with Crippen molar-refractivity contribution in [1.82, 2.24) is 9.88 Å². The number of alkyl halides is 1. The second kappa shape index (κ2) is 11.1.